The molecule has 138 valence electrons. The van der Waals surface area contributed by atoms with E-state index in [0.29, 0.717) is 18.9 Å². The van der Waals surface area contributed by atoms with Crippen LogP contribution < -0.4 is 0 Å². The minimum Gasteiger partial charge on any atom is -0.338 e. The lowest BCUT2D eigenvalue weighted by Gasteiger charge is -2.14. The third-order valence-corrected chi connectivity index (χ3v) is 5.72. The van der Waals surface area contributed by atoms with Crippen molar-refractivity contribution in [2.75, 3.05) is 7.05 Å². The van der Waals surface area contributed by atoms with Crippen LogP contribution in [0.5, 0.6) is 0 Å². The van der Waals surface area contributed by atoms with Gasteiger partial charge in [-0.3, -0.25) is 4.79 Å². The Balaban J connectivity index is 1.58. The number of benzene rings is 1. The molecule has 1 aromatic carbocycles. The molecule has 0 spiro atoms. The highest BCUT2D eigenvalue weighted by Gasteiger charge is 2.32. The summed E-state index contributed by atoms with van der Waals surface area (Å²) in [5.74, 6) is 1.87. The number of amides is 1. The monoisotopic (exact) mass is 426 g/mol. The van der Waals surface area contributed by atoms with Gasteiger partial charge in [-0.25, -0.2) is 14.6 Å². The zero-order chi connectivity index (χ0) is 18.7. The van der Waals surface area contributed by atoms with Crippen LogP contribution >= 0.6 is 15.9 Å². The van der Waals surface area contributed by atoms with Gasteiger partial charge < -0.3 is 9.47 Å². The van der Waals surface area contributed by atoms with Crippen molar-refractivity contribution in [1.82, 2.24) is 29.2 Å². The van der Waals surface area contributed by atoms with Crippen LogP contribution in [0.25, 0.3) is 17.1 Å². The fraction of sp³-hybridized carbons (Fsp3) is 0.368. The largest absolute Gasteiger partial charge is 0.338 e. The maximum absolute atomic E-state index is 12.3. The standard InChI is InChI=1S/C19H19BrN6O/c1-11-16-8-26-18(14-7-13(20)5-6-15(14)25(16)10-21-11)22-17(23-26)9-24(2)19(27)12-3-4-12/h5-7,10,12H,3-4,8-9H2,1-2H3. The lowest BCUT2D eigenvalue weighted by molar-refractivity contribution is -0.131. The van der Waals surface area contributed by atoms with E-state index in [1.54, 1.807) is 4.90 Å². The molecule has 0 bridgehead atoms. The van der Waals surface area contributed by atoms with Crippen LogP contribution in [0.15, 0.2) is 29.0 Å². The van der Waals surface area contributed by atoms with Crippen molar-refractivity contribution >= 4 is 21.8 Å². The Morgan fingerprint density at radius 1 is 1.37 bits per heavy atom. The van der Waals surface area contributed by atoms with Crippen LogP contribution in [0.2, 0.25) is 0 Å². The van der Waals surface area contributed by atoms with Gasteiger partial charge in [0.25, 0.3) is 0 Å². The van der Waals surface area contributed by atoms with Gasteiger partial charge in [0, 0.05) is 23.0 Å². The molecule has 1 aliphatic carbocycles. The number of hydrogen-bond acceptors (Lipinski definition) is 4. The third kappa shape index (κ3) is 2.79. The average Bonchev–Trinajstić information content (AvgIpc) is 3.35. The average molecular weight is 427 g/mol. The Kier molecular flexibility index (Phi) is 3.72. The molecule has 0 atom stereocenters. The number of carbonyl (C=O) groups excluding carboxylic acids is 1. The van der Waals surface area contributed by atoms with Crippen molar-refractivity contribution < 1.29 is 4.79 Å². The normalized spacial score (nSPS) is 14.9. The van der Waals surface area contributed by atoms with Gasteiger partial charge in [0.15, 0.2) is 11.6 Å². The van der Waals surface area contributed by atoms with Crippen molar-refractivity contribution in [1.29, 1.82) is 0 Å². The SMILES string of the molecule is Cc1ncn2c1Cn1nc(CN(C)C(=O)C3CC3)nc1-c1cc(Br)ccc1-2. The molecule has 5 rings (SSSR count). The highest BCUT2D eigenvalue weighted by atomic mass is 79.9. The number of aryl methyl sites for hydroxylation is 1. The Morgan fingerprint density at radius 2 is 2.19 bits per heavy atom. The van der Waals surface area contributed by atoms with Crippen molar-refractivity contribution in [3.63, 3.8) is 0 Å². The first-order chi connectivity index (χ1) is 13.0. The fourth-order valence-corrected chi connectivity index (χ4v) is 3.96. The molecule has 1 aliphatic heterocycles. The summed E-state index contributed by atoms with van der Waals surface area (Å²) >= 11 is 3.57. The second kappa shape index (κ2) is 6.02. The van der Waals surface area contributed by atoms with E-state index >= 15 is 0 Å². The smallest absolute Gasteiger partial charge is 0.225 e. The predicted octanol–water partition coefficient (Wildman–Crippen LogP) is 2.93. The number of hydrogen-bond donors (Lipinski definition) is 0. The lowest BCUT2D eigenvalue weighted by atomic mass is 10.1. The molecule has 2 aromatic heterocycles. The van der Waals surface area contributed by atoms with E-state index in [0.717, 1.165) is 45.8 Å². The molecule has 0 unspecified atom stereocenters. The molecule has 0 saturated heterocycles. The summed E-state index contributed by atoms with van der Waals surface area (Å²) in [6.45, 7) is 3.03. The first-order valence-electron chi connectivity index (χ1n) is 9.03. The minimum absolute atomic E-state index is 0.192. The van der Waals surface area contributed by atoms with Crippen molar-refractivity contribution in [3.05, 3.63) is 46.2 Å². The summed E-state index contributed by atoms with van der Waals surface area (Å²) in [4.78, 5) is 23.3. The molecule has 1 saturated carbocycles. The Bertz CT molecular complexity index is 1060. The number of halogens is 1. The van der Waals surface area contributed by atoms with Gasteiger partial charge in [-0.05, 0) is 38.0 Å². The number of rotatable bonds is 3. The summed E-state index contributed by atoms with van der Waals surface area (Å²) in [6, 6.07) is 6.15. The zero-order valence-electron chi connectivity index (χ0n) is 15.2. The molecular formula is C19H19BrN6O. The number of carbonyl (C=O) groups is 1. The molecule has 27 heavy (non-hydrogen) atoms. The van der Waals surface area contributed by atoms with Crippen LogP contribution in [-0.4, -0.2) is 42.2 Å². The van der Waals surface area contributed by atoms with E-state index in [9.17, 15) is 4.79 Å². The summed E-state index contributed by atoms with van der Waals surface area (Å²) in [7, 11) is 1.83. The van der Waals surface area contributed by atoms with E-state index in [4.69, 9.17) is 10.1 Å². The molecule has 3 heterocycles. The Hall–Kier alpha value is -2.48. The summed E-state index contributed by atoms with van der Waals surface area (Å²) in [5, 5.41) is 4.72. The van der Waals surface area contributed by atoms with Gasteiger partial charge in [-0.2, -0.15) is 5.10 Å². The molecule has 8 heteroatoms. The third-order valence-electron chi connectivity index (χ3n) is 5.23. The van der Waals surface area contributed by atoms with E-state index in [2.05, 4.69) is 37.6 Å². The van der Waals surface area contributed by atoms with E-state index in [1.807, 2.05) is 31.0 Å². The molecule has 3 aromatic rings. The van der Waals surface area contributed by atoms with Gasteiger partial charge >= 0.3 is 0 Å². The zero-order valence-corrected chi connectivity index (χ0v) is 16.8. The summed E-state index contributed by atoms with van der Waals surface area (Å²) < 4.78 is 5.01. The lowest BCUT2D eigenvalue weighted by Crippen LogP contribution is -2.28. The maximum Gasteiger partial charge on any atom is 0.225 e. The molecule has 1 amide bonds. The van der Waals surface area contributed by atoms with Crippen LogP contribution in [0.3, 0.4) is 0 Å². The van der Waals surface area contributed by atoms with Gasteiger partial charge in [0.05, 0.1) is 36.5 Å². The fourth-order valence-electron chi connectivity index (χ4n) is 3.60. The topological polar surface area (TPSA) is 68.8 Å². The number of fused-ring (bicyclic) bond motifs is 5. The minimum atomic E-state index is 0.192. The predicted molar refractivity (Wildman–Crippen MR) is 103 cm³/mol. The summed E-state index contributed by atoms with van der Waals surface area (Å²) in [5.41, 5.74) is 4.11. The quantitative estimate of drug-likeness (QED) is 0.504. The molecule has 1 fully saturated rings. The van der Waals surface area contributed by atoms with Crippen molar-refractivity contribution in [2.45, 2.75) is 32.9 Å². The van der Waals surface area contributed by atoms with Crippen molar-refractivity contribution in [2.24, 2.45) is 5.92 Å². The van der Waals surface area contributed by atoms with Crippen LogP contribution in [0, 0.1) is 12.8 Å². The highest BCUT2D eigenvalue weighted by molar-refractivity contribution is 9.10. The molecule has 2 aliphatic rings. The maximum atomic E-state index is 12.3. The van der Waals surface area contributed by atoms with Gasteiger partial charge in [0.1, 0.15) is 0 Å². The van der Waals surface area contributed by atoms with E-state index < -0.39 is 0 Å². The number of aromatic nitrogens is 5. The van der Waals surface area contributed by atoms with E-state index in [-0.39, 0.29) is 11.8 Å². The van der Waals surface area contributed by atoms with Gasteiger partial charge in [-0.1, -0.05) is 15.9 Å². The number of nitrogens with zero attached hydrogens (tertiary/aromatic N) is 6. The van der Waals surface area contributed by atoms with Crippen molar-refractivity contribution in [3.8, 4) is 17.1 Å². The first-order valence-corrected chi connectivity index (χ1v) is 9.82. The molecule has 0 radical (unpaired) electrons. The molecular weight excluding hydrogens is 408 g/mol. The Labute approximate surface area is 165 Å². The van der Waals surface area contributed by atoms with Gasteiger partial charge in [-0.15, -0.1) is 0 Å². The Morgan fingerprint density at radius 3 is 2.96 bits per heavy atom. The van der Waals surface area contributed by atoms with Crippen LogP contribution in [0.4, 0.5) is 0 Å². The second-order valence-electron chi connectivity index (χ2n) is 7.29. The molecule has 7 nitrogen and oxygen atoms in total. The molecule has 0 N–H and O–H groups in total. The number of imidazole rings is 1. The summed E-state index contributed by atoms with van der Waals surface area (Å²) in [6.07, 6.45) is 3.86. The van der Waals surface area contributed by atoms with E-state index in [1.165, 1.54) is 0 Å². The van der Waals surface area contributed by atoms with Crippen LogP contribution in [-0.2, 0) is 17.9 Å². The second-order valence-corrected chi connectivity index (χ2v) is 8.20. The highest BCUT2D eigenvalue weighted by Crippen LogP contribution is 2.34. The van der Waals surface area contributed by atoms with Gasteiger partial charge in [0.2, 0.25) is 5.91 Å². The van der Waals surface area contributed by atoms with Crippen LogP contribution in [0.1, 0.15) is 30.1 Å². The first kappa shape index (κ1) is 16.7.